The van der Waals surface area contributed by atoms with E-state index in [1.165, 1.54) is 11.8 Å². The third-order valence-corrected chi connectivity index (χ3v) is 5.54. The highest BCUT2D eigenvalue weighted by atomic mass is 32.2. The lowest BCUT2D eigenvalue weighted by molar-refractivity contribution is -0.142. The van der Waals surface area contributed by atoms with Crippen LogP contribution in [0.15, 0.2) is 0 Å². The number of nitrogens with zero attached hydrogens (tertiary/aromatic N) is 4. The van der Waals surface area contributed by atoms with Crippen molar-refractivity contribution in [3.8, 4) is 0 Å². The third kappa shape index (κ3) is 4.40. The molecule has 134 valence electrons. The number of amides is 3. The van der Waals surface area contributed by atoms with Gasteiger partial charge in [-0.25, -0.2) is 0 Å². The van der Waals surface area contributed by atoms with Crippen molar-refractivity contribution in [3.05, 3.63) is 0 Å². The number of morpholine rings is 1. The van der Waals surface area contributed by atoms with E-state index in [1.807, 2.05) is 4.90 Å². The van der Waals surface area contributed by atoms with Crippen LogP contribution in [-0.2, 0) is 19.1 Å². The SMILES string of the molecule is O=C(CN1CCOCC1)N1CCN(C(=O)CN2CSCC2=O)CC1. The Morgan fingerprint density at radius 1 is 0.917 bits per heavy atom. The number of hydrogen-bond acceptors (Lipinski definition) is 6. The van der Waals surface area contributed by atoms with Crippen LogP contribution in [0.3, 0.4) is 0 Å². The Hall–Kier alpha value is -1.32. The van der Waals surface area contributed by atoms with Gasteiger partial charge in [-0.15, -0.1) is 11.8 Å². The predicted molar refractivity (Wildman–Crippen MR) is 89.5 cm³/mol. The molecule has 3 amide bonds. The molecule has 0 N–H and O–H groups in total. The van der Waals surface area contributed by atoms with E-state index in [0.717, 1.165) is 13.1 Å². The molecular weight excluding hydrogens is 332 g/mol. The van der Waals surface area contributed by atoms with E-state index in [9.17, 15) is 14.4 Å². The maximum atomic E-state index is 12.3. The van der Waals surface area contributed by atoms with Gasteiger partial charge < -0.3 is 19.4 Å². The van der Waals surface area contributed by atoms with Crippen molar-refractivity contribution >= 4 is 29.5 Å². The van der Waals surface area contributed by atoms with E-state index in [0.29, 0.717) is 57.6 Å². The number of hydrogen-bond donors (Lipinski definition) is 0. The zero-order valence-electron chi connectivity index (χ0n) is 13.8. The summed E-state index contributed by atoms with van der Waals surface area (Å²) in [5.74, 6) is 1.20. The molecule has 3 aliphatic rings. The maximum absolute atomic E-state index is 12.3. The molecule has 0 spiro atoms. The Balaban J connectivity index is 1.40. The second-order valence-corrected chi connectivity index (χ2v) is 7.17. The Labute approximate surface area is 146 Å². The minimum Gasteiger partial charge on any atom is -0.379 e. The van der Waals surface area contributed by atoms with Crippen LogP contribution in [-0.4, -0.2) is 115 Å². The number of thioether (sulfide) groups is 1. The van der Waals surface area contributed by atoms with Gasteiger partial charge in [0.25, 0.3) is 0 Å². The number of rotatable bonds is 4. The topological polar surface area (TPSA) is 73.4 Å². The number of carbonyl (C=O) groups excluding carboxylic acids is 3. The molecule has 3 aliphatic heterocycles. The molecule has 0 aliphatic carbocycles. The summed E-state index contributed by atoms with van der Waals surface area (Å²) >= 11 is 1.54. The van der Waals surface area contributed by atoms with Gasteiger partial charge in [-0.2, -0.15) is 0 Å². The van der Waals surface area contributed by atoms with Crippen LogP contribution in [0.25, 0.3) is 0 Å². The Morgan fingerprint density at radius 3 is 2.04 bits per heavy atom. The van der Waals surface area contributed by atoms with Crippen molar-refractivity contribution < 1.29 is 19.1 Å². The van der Waals surface area contributed by atoms with Crippen molar-refractivity contribution in [2.75, 3.05) is 77.2 Å². The van der Waals surface area contributed by atoms with Crippen molar-refractivity contribution in [3.63, 3.8) is 0 Å². The van der Waals surface area contributed by atoms with E-state index in [1.54, 1.807) is 9.80 Å². The van der Waals surface area contributed by atoms with Crippen LogP contribution in [0.1, 0.15) is 0 Å². The van der Waals surface area contributed by atoms with Crippen molar-refractivity contribution in [2.24, 2.45) is 0 Å². The normalized spacial score (nSPS) is 23.0. The molecule has 0 atom stereocenters. The predicted octanol–water partition coefficient (Wildman–Crippen LogP) is -1.48. The highest BCUT2D eigenvalue weighted by Gasteiger charge is 2.29. The summed E-state index contributed by atoms with van der Waals surface area (Å²) in [5, 5.41) is 0. The monoisotopic (exact) mass is 356 g/mol. The van der Waals surface area contributed by atoms with E-state index < -0.39 is 0 Å². The van der Waals surface area contributed by atoms with Gasteiger partial charge >= 0.3 is 0 Å². The fourth-order valence-corrected chi connectivity index (χ4v) is 3.96. The second kappa shape index (κ2) is 8.17. The van der Waals surface area contributed by atoms with Gasteiger partial charge in [0.2, 0.25) is 17.7 Å². The molecule has 0 radical (unpaired) electrons. The molecule has 9 heteroatoms. The first kappa shape index (κ1) is 17.5. The molecular formula is C15H24N4O4S. The first-order valence-corrected chi connectivity index (χ1v) is 9.50. The summed E-state index contributed by atoms with van der Waals surface area (Å²) in [7, 11) is 0. The zero-order chi connectivity index (χ0) is 16.9. The summed E-state index contributed by atoms with van der Waals surface area (Å²) in [5.41, 5.74) is 0. The largest absolute Gasteiger partial charge is 0.379 e. The van der Waals surface area contributed by atoms with Gasteiger partial charge in [-0.1, -0.05) is 0 Å². The minimum absolute atomic E-state index is 0.0221. The molecule has 3 rings (SSSR count). The molecule has 0 bridgehead atoms. The average Bonchev–Trinajstić information content (AvgIpc) is 3.00. The molecule has 24 heavy (non-hydrogen) atoms. The van der Waals surface area contributed by atoms with Crippen molar-refractivity contribution in [2.45, 2.75) is 0 Å². The minimum atomic E-state index is -0.0221. The number of ether oxygens (including phenoxy) is 1. The first-order chi connectivity index (χ1) is 11.6. The maximum Gasteiger partial charge on any atom is 0.242 e. The lowest BCUT2D eigenvalue weighted by atomic mass is 10.3. The first-order valence-electron chi connectivity index (χ1n) is 8.34. The summed E-state index contributed by atoms with van der Waals surface area (Å²) in [6.07, 6.45) is 0. The van der Waals surface area contributed by atoms with E-state index in [2.05, 4.69) is 4.90 Å². The summed E-state index contributed by atoms with van der Waals surface area (Å²) < 4.78 is 5.29. The Bertz CT molecular complexity index is 490. The van der Waals surface area contributed by atoms with Crippen LogP contribution < -0.4 is 0 Å². The highest BCUT2D eigenvalue weighted by molar-refractivity contribution is 8.00. The van der Waals surface area contributed by atoms with Crippen LogP contribution in [0, 0.1) is 0 Å². The van der Waals surface area contributed by atoms with Gasteiger partial charge in [-0.3, -0.25) is 19.3 Å². The van der Waals surface area contributed by atoms with Gasteiger partial charge in [-0.05, 0) is 0 Å². The third-order valence-electron chi connectivity index (χ3n) is 4.60. The molecule has 0 aromatic carbocycles. The van der Waals surface area contributed by atoms with E-state index in [-0.39, 0.29) is 24.3 Å². The van der Waals surface area contributed by atoms with Crippen LogP contribution >= 0.6 is 11.8 Å². The second-order valence-electron chi connectivity index (χ2n) is 6.22. The van der Waals surface area contributed by atoms with Gasteiger partial charge in [0.1, 0.15) is 6.54 Å². The Kier molecular flexibility index (Phi) is 5.96. The summed E-state index contributed by atoms with van der Waals surface area (Å²) in [4.78, 5) is 43.5. The molecule has 3 heterocycles. The van der Waals surface area contributed by atoms with Gasteiger partial charge in [0.15, 0.2) is 0 Å². The summed E-state index contributed by atoms with van der Waals surface area (Å²) in [6.45, 7) is 5.77. The molecule has 0 saturated carbocycles. The number of carbonyl (C=O) groups is 3. The Morgan fingerprint density at radius 2 is 1.50 bits per heavy atom. The molecule has 0 aromatic heterocycles. The molecule has 3 fully saturated rings. The van der Waals surface area contributed by atoms with Gasteiger partial charge in [0, 0.05) is 39.3 Å². The standard InChI is InChI=1S/C15H24N4O4S/c20-13(9-16-5-7-23-8-6-16)17-1-3-18(4-2-17)14(21)10-19-12-24-11-15(19)22/h1-12H2. The lowest BCUT2D eigenvalue weighted by Gasteiger charge is -2.36. The van der Waals surface area contributed by atoms with E-state index >= 15 is 0 Å². The highest BCUT2D eigenvalue weighted by Crippen LogP contribution is 2.15. The zero-order valence-corrected chi connectivity index (χ0v) is 14.6. The molecule has 8 nitrogen and oxygen atoms in total. The van der Waals surface area contributed by atoms with E-state index in [4.69, 9.17) is 4.74 Å². The van der Waals surface area contributed by atoms with Crippen LogP contribution in [0.4, 0.5) is 0 Å². The smallest absolute Gasteiger partial charge is 0.242 e. The van der Waals surface area contributed by atoms with Crippen LogP contribution in [0.2, 0.25) is 0 Å². The summed E-state index contributed by atoms with van der Waals surface area (Å²) in [6, 6.07) is 0. The molecule has 3 saturated heterocycles. The number of piperazine rings is 1. The van der Waals surface area contributed by atoms with Gasteiger partial charge in [0.05, 0.1) is 31.4 Å². The van der Waals surface area contributed by atoms with Crippen molar-refractivity contribution in [1.29, 1.82) is 0 Å². The fraction of sp³-hybridized carbons (Fsp3) is 0.800. The average molecular weight is 356 g/mol. The quantitative estimate of drug-likeness (QED) is 0.612. The molecule has 0 unspecified atom stereocenters. The molecule has 0 aromatic rings. The lowest BCUT2D eigenvalue weighted by Crippen LogP contribution is -2.54. The fourth-order valence-electron chi connectivity index (χ4n) is 3.06. The van der Waals surface area contributed by atoms with Crippen LogP contribution in [0.5, 0.6) is 0 Å². The van der Waals surface area contributed by atoms with Crippen molar-refractivity contribution in [1.82, 2.24) is 19.6 Å².